The minimum absolute atomic E-state index is 0.0156. The summed E-state index contributed by atoms with van der Waals surface area (Å²) in [5.74, 6) is -2.54. The Kier molecular flexibility index (Phi) is 2.48. The summed E-state index contributed by atoms with van der Waals surface area (Å²) in [4.78, 5) is 22.1. The van der Waals surface area contributed by atoms with Gasteiger partial charge in [-0.25, -0.2) is 9.59 Å². The van der Waals surface area contributed by atoms with Crippen LogP contribution in [0.15, 0.2) is 24.3 Å². The highest BCUT2D eigenvalue weighted by Gasteiger charge is 2.41. The quantitative estimate of drug-likeness (QED) is 0.711. The summed E-state index contributed by atoms with van der Waals surface area (Å²) < 4.78 is 0. The molecule has 1 aliphatic carbocycles. The number of hydrogen-bond acceptors (Lipinski definition) is 3. The number of aliphatic hydroxyl groups is 1. The largest absolute Gasteiger partial charge is 0.479 e. The van der Waals surface area contributed by atoms with Gasteiger partial charge in [-0.15, -0.1) is 0 Å². The monoisotopic (exact) mass is 234 g/mol. The van der Waals surface area contributed by atoms with Crippen LogP contribution in [0, 0.1) is 0 Å². The van der Waals surface area contributed by atoms with Gasteiger partial charge in [0, 0.05) is 12.0 Å². The van der Waals surface area contributed by atoms with Crippen LogP contribution in [0.3, 0.4) is 0 Å². The van der Waals surface area contributed by atoms with Gasteiger partial charge in [-0.2, -0.15) is 0 Å². The van der Waals surface area contributed by atoms with Gasteiger partial charge in [-0.3, -0.25) is 0 Å². The summed E-state index contributed by atoms with van der Waals surface area (Å²) in [5.41, 5.74) is -1.70. The molecule has 1 aromatic rings. The van der Waals surface area contributed by atoms with E-state index in [1.165, 1.54) is 30.4 Å². The Morgan fingerprint density at radius 1 is 1.24 bits per heavy atom. The van der Waals surface area contributed by atoms with Crippen LogP contribution < -0.4 is 0 Å². The van der Waals surface area contributed by atoms with E-state index in [9.17, 15) is 14.7 Å². The van der Waals surface area contributed by atoms with Crippen molar-refractivity contribution in [1.29, 1.82) is 0 Å². The zero-order chi connectivity index (χ0) is 12.6. The van der Waals surface area contributed by atoms with E-state index in [4.69, 9.17) is 10.2 Å². The average Bonchev–Trinajstić information content (AvgIpc) is 2.28. The molecular formula is C12H10O5. The van der Waals surface area contributed by atoms with E-state index in [2.05, 4.69) is 0 Å². The van der Waals surface area contributed by atoms with Crippen LogP contribution in [0.2, 0.25) is 0 Å². The van der Waals surface area contributed by atoms with Crippen LogP contribution in [0.25, 0.3) is 6.08 Å². The van der Waals surface area contributed by atoms with Crippen LogP contribution >= 0.6 is 0 Å². The molecule has 0 amide bonds. The Bertz CT molecular complexity index is 532. The predicted octanol–water partition coefficient (Wildman–Crippen LogP) is 1.07. The highest BCUT2D eigenvalue weighted by Crippen LogP contribution is 2.35. The topological polar surface area (TPSA) is 94.8 Å². The molecule has 0 spiro atoms. The molecule has 1 aromatic carbocycles. The Balaban J connectivity index is 2.70. The van der Waals surface area contributed by atoms with E-state index >= 15 is 0 Å². The first-order valence-electron chi connectivity index (χ1n) is 4.96. The second-order valence-electron chi connectivity index (χ2n) is 3.84. The lowest BCUT2D eigenvalue weighted by Gasteiger charge is -2.28. The third kappa shape index (κ3) is 1.60. The first-order valence-corrected chi connectivity index (χ1v) is 4.96. The third-order valence-electron chi connectivity index (χ3n) is 2.83. The molecule has 0 fully saturated rings. The van der Waals surface area contributed by atoms with Crippen molar-refractivity contribution in [1.82, 2.24) is 0 Å². The van der Waals surface area contributed by atoms with E-state index in [0.717, 1.165) is 0 Å². The summed E-state index contributed by atoms with van der Waals surface area (Å²) in [6.07, 6.45) is 2.91. The zero-order valence-corrected chi connectivity index (χ0v) is 8.75. The van der Waals surface area contributed by atoms with Crippen molar-refractivity contribution < 1.29 is 24.9 Å². The zero-order valence-electron chi connectivity index (χ0n) is 8.75. The van der Waals surface area contributed by atoms with Crippen LogP contribution in [0.1, 0.15) is 27.9 Å². The lowest BCUT2D eigenvalue weighted by atomic mass is 9.81. The number of rotatable bonds is 2. The van der Waals surface area contributed by atoms with Crippen molar-refractivity contribution >= 4 is 18.0 Å². The predicted molar refractivity (Wildman–Crippen MR) is 58.6 cm³/mol. The number of benzene rings is 1. The lowest BCUT2D eigenvalue weighted by molar-refractivity contribution is -0.159. The Hall–Kier alpha value is -2.14. The maximum atomic E-state index is 11.1. The molecule has 1 aliphatic rings. The fraction of sp³-hybridized carbons (Fsp3) is 0.167. The molecule has 0 aromatic heterocycles. The number of aromatic carboxylic acids is 1. The number of hydrogen-bond donors (Lipinski definition) is 3. The average molecular weight is 234 g/mol. The second-order valence-corrected chi connectivity index (χ2v) is 3.84. The maximum absolute atomic E-state index is 11.1. The van der Waals surface area contributed by atoms with Crippen molar-refractivity contribution in [2.75, 3.05) is 0 Å². The summed E-state index contributed by atoms with van der Waals surface area (Å²) in [6.45, 7) is 0. The van der Waals surface area contributed by atoms with Gasteiger partial charge in [-0.05, 0) is 11.6 Å². The van der Waals surface area contributed by atoms with Gasteiger partial charge in [0.05, 0.1) is 5.56 Å². The first-order chi connectivity index (χ1) is 7.97. The van der Waals surface area contributed by atoms with Gasteiger partial charge < -0.3 is 15.3 Å². The Morgan fingerprint density at radius 2 is 1.94 bits per heavy atom. The summed E-state index contributed by atoms with van der Waals surface area (Å²) >= 11 is 0. The van der Waals surface area contributed by atoms with Gasteiger partial charge >= 0.3 is 11.9 Å². The number of carboxylic acid groups (broad SMARTS) is 2. The van der Waals surface area contributed by atoms with Crippen LogP contribution in [0.5, 0.6) is 0 Å². The molecule has 1 unspecified atom stereocenters. The number of carbonyl (C=O) groups is 2. The lowest BCUT2D eigenvalue weighted by Crippen LogP contribution is -2.37. The number of aliphatic carboxylic acids is 1. The molecule has 88 valence electrons. The molecule has 0 saturated heterocycles. The molecule has 1 atom stereocenters. The van der Waals surface area contributed by atoms with Crippen molar-refractivity contribution in [2.24, 2.45) is 0 Å². The van der Waals surface area contributed by atoms with Crippen LogP contribution in [0.4, 0.5) is 0 Å². The molecule has 17 heavy (non-hydrogen) atoms. The normalized spacial score (nSPS) is 21.9. The molecule has 2 rings (SSSR count). The highest BCUT2D eigenvalue weighted by atomic mass is 16.4. The summed E-state index contributed by atoms with van der Waals surface area (Å²) in [7, 11) is 0. The Labute approximate surface area is 96.6 Å². The molecule has 0 saturated carbocycles. The fourth-order valence-electron chi connectivity index (χ4n) is 1.95. The molecule has 5 nitrogen and oxygen atoms in total. The van der Waals surface area contributed by atoms with Gasteiger partial charge in [0.1, 0.15) is 0 Å². The van der Waals surface area contributed by atoms with E-state index in [0.29, 0.717) is 0 Å². The molecule has 0 radical (unpaired) electrons. The van der Waals surface area contributed by atoms with E-state index < -0.39 is 17.5 Å². The van der Waals surface area contributed by atoms with Crippen LogP contribution in [-0.4, -0.2) is 27.3 Å². The van der Waals surface area contributed by atoms with Crippen molar-refractivity contribution in [3.05, 3.63) is 41.0 Å². The van der Waals surface area contributed by atoms with E-state index in [1.807, 2.05) is 0 Å². The first kappa shape index (κ1) is 11.3. The number of fused-ring (bicyclic) bond motifs is 1. The van der Waals surface area contributed by atoms with Crippen molar-refractivity contribution in [3.8, 4) is 0 Å². The molecule has 0 heterocycles. The van der Waals surface area contributed by atoms with Crippen molar-refractivity contribution in [3.63, 3.8) is 0 Å². The molecule has 0 bridgehead atoms. The molecule has 0 aliphatic heterocycles. The van der Waals surface area contributed by atoms with Gasteiger partial charge in [0.15, 0.2) is 5.60 Å². The smallest absolute Gasteiger partial charge is 0.340 e. The second kappa shape index (κ2) is 3.71. The molecule has 5 heteroatoms. The van der Waals surface area contributed by atoms with Crippen molar-refractivity contribution in [2.45, 2.75) is 12.0 Å². The van der Waals surface area contributed by atoms with Gasteiger partial charge in [0.2, 0.25) is 0 Å². The van der Waals surface area contributed by atoms with E-state index in [-0.39, 0.29) is 23.1 Å². The SMILES string of the molecule is O=C(O)c1cccc2c1C=CCC2(O)C(=O)O. The third-order valence-corrected chi connectivity index (χ3v) is 2.83. The minimum Gasteiger partial charge on any atom is -0.479 e. The van der Waals surface area contributed by atoms with Gasteiger partial charge in [-0.1, -0.05) is 24.3 Å². The standard InChI is InChI=1S/C12H10O5/c13-10(14)8-3-1-5-9-7(8)4-2-6-12(9,17)11(15)16/h1-5,17H,6H2,(H,13,14)(H,15,16). The molecule has 3 N–H and O–H groups in total. The minimum atomic E-state index is -2.05. The summed E-state index contributed by atoms with van der Waals surface area (Å²) in [6, 6.07) is 4.23. The summed E-state index contributed by atoms with van der Waals surface area (Å²) in [5, 5.41) is 28.1. The molecular weight excluding hydrogens is 224 g/mol. The Morgan fingerprint density at radius 3 is 2.53 bits per heavy atom. The number of carboxylic acids is 2. The van der Waals surface area contributed by atoms with Gasteiger partial charge in [0.25, 0.3) is 0 Å². The maximum Gasteiger partial charge on any atom is 0.340 e. The highest BCUT2D eigenvalue weighted by molar-refractivity contribution is 5.95. The van der Waals surface area contributed by atoms with Crippen LogP contribution in [-0.2, 0) is 10.4 Å². The van der Waals surface area contributed by atoms with E-state index in [1.54, 1.807) is 0 Å². The fourth-order valence-corrected chi connectivity index (χ4v) is 1.95.